The van der Waals surface area contributed by atoms with E-state index in [1.54, 1.807) is 0 Å². The molecule has 0 amide bonds. The maximum atomic E-state index is 12.5. The van der Waals surface area contributed by atoms with Crippen molar-refractivity contribution in [1.82, 2.24) is 19.9 Å². The van der Waals surface area contributed by atoms with E-state index < -0.39 is 31.2 Å². The summed E-state index contributed by atoms with van der Waals surface area (Å²) in [5.41, 5.74) is -0.875. The SMILES string of the molecule is COc1ccc(CS(=O)(=O)c2nc3nc[nH]c3c(=O)[nH]2)cc1[N+](=O)[O-]. The first-order valence-corrected chi connectivity index (χ1v) is 8.44. The summed E-state index contributed by atoms with van der Waals surface area (Å²) < 4.78 is 29.8. The monoisotopic (exact) mass is 365 g/mol. The number of ether oxygens (including phenoxy) is 1. The molecule has 12 heteroatoms. The number of benzene rings is 1. The van der Waals surface area contributed by atoms with Crippen molar-refractivity contribution < 1.29 is 18.1 Å². The van der Waals surface area contributed by atoms with Gasteiger partial charge in [0.1, 0.15) is 0 Å². The van der Waals surface area contributed by atoms with E-state index >= 15 is 0 Å². The van der Waals surface area contributed by atoms with Crippen LogP contribution in [-0.4, -0.2) is 40.4 Å². The number of sulfone groups is 1. The zero-order chi connectivity index (χ0) is 18.2. The number of H-pyrrole nitrogens is 2. The van der Waals surface area contributed by atoms with Crippen LogP contribution in [0.5, 0.6) is 5.75 Å². The largest absolute Gasteiger partial charge is 0.490 e. The highest BCUT2D eigenvalue weighted by Crippen LogP contribution is 2.28. The molecule has 0 bridgehead atoms. The predicted octanol–water partition coefficient (Wildman–Crippen LogP) is 0.537. The number of hydrogen-bond acceptors (Lipinski definition) is 8. The van der Waals surface area contributed by atoms with Crippen molar-refractivity contribution in [2.45, 2.75) is 10.9 Å². The highest BCUT2D eigenvalue weighted by Gasteiger charge is 2.23. The number of nitro groups is 1. The third-order valence-electron chi connectivity index (χ3n) is 3.37. The van der Waals surface area contributed by atoms with Gasteiger partial charge in [-0.1, -0.05) is 6.07 Å². The Balaban J connectivity index is 2.02. The maximum absolute atomic E-state index is 12.5. The van der Waals surface area contributed by atoms with Gasteiger partial charge in [0.2, 0.25) is 15.0 Å². The molecule has 11 nitrogen and oxygen atoms in total. The third-order valence-corrected chi connectivity index (χ3v) is 4.86. The van der Waals surface area contributed by atoms with E-state index in [0.29, 0.717) is 0 Å². The molecule has 2 N–H and O–H groups in total. The lowest BCUT2D eigenvalue weighted by Gasteiger charge is -2.06. The average molecular weight is 365 g/mol. The molecule has 0 aliphatic heterocycles. The minimum atomic E-state index is -4.05. The number of nitrogens with zero attached hydrogens (tertiary/aromatic N) is 3. The van der Waals surface area contributed by atoms with Gasteiger partial charge in [0, 0.05) is 6.07 Å². The highest BCUT2D eigenvalue weighted by molar-refractivity contribution is 7.90. The van der Waals surface area contributed by atoms with Crippen LogP contribution in [0.15, 0.2) is 34.5 Å². The molecule has 1 aromatic carbocycles. The van der Waals surface area contributed by atoms with E-state index in [0.717, 1.165) is 6.07 Å². The van der Waals surface area contributed by atoms with Gasteiger partial charge in [-0.05, 0) is 11.6 Å². The van der Waals surface area contributed by atoms with Crippen LogP contribution in [0.3, 0.4) is 0 Å². The molecule has 0 saturated heterocycles. The molecular formula is C13H11N5O6S. The van der Waals surface area contributed by atoms with E-state index in [-0.39, 0.29) is 28.2 Å². The number of hydrogen-bond donors (Lipinski definition) is 2. The molecule has 2 heterocycles. The van der Waals surface area contributed by atoms with Gasteiger partial charge in [-0.3, -0.25) is 19.9 Å². The second kappa shape index (κ2) is 5.98. The number of aromatic nitrogens is 4. The smallest absolute Gasteiger partial charge is 0.311 e. The minimum Gasteiger partial charge on any atom is -0.490 e. The van der Waals surface area contributed by atoms with Crippen molar-refractivity contribution in [3.63, 3.8) is 0 Å². The predicted molar refractivity (Wildman–Crippen MR) is 85.0 cm³/mol. The van der Waals surface area contributed by atoms with E-state index in [2.05, 4.69) is 19.9 Å². The summed E-state index contributed by atoms with van der Waals surface area (Å²) in [6, 6.07) is 3.78. The Morgan fingerprint density at radius 3 is 2.80 bits per heavy atom. The van der Waals surface area contributed by atoms with Crippen LogP contribution in [0.4, 0.5) is 5.69 Å². The minimum absolute atomic E-state index is 0.00984. The van der Waals surface area contributed by atoms with Crippen molar-refractivity contribution in [2.24, 2.45) is 0 Å². The fraction of sp³-hybridized carbons (Fsp3) is 0.154. The normalized spacial score (nSPS) is 11.6. The zero-order valence-electron chi connectivity index (χ0n) is 12.7. The average Bonchev–Trinajstić information content (AvgIpc) is 3.03. The number of methoxy groups -OCH3 is 1. The van der Waals surface area contributed by atoms with Crippen LogP contribution in [-0.2, 0) is 15.6 Å². The Kier molecular flexibility index (Phi) is 3.96. The van der Waals surface area contributed by atoms with Crippen molar-refractivity contribution in [2.75, 3.05) is 7.11 Å². The van der Waals surface area contributed by atoms with Crippen LogP contribution in [0.1, 0.15) is 5.56 Å². The van der Waals surface area contributed by atoms with Gasteiger partial charge in [0.05, 0.1) is 24.1 Å². The maximum Gasteiger partial charge on any atom is 0.311 e. The summed E-state index contributed by atoms with van der Waals surface area (Å²) >= 11 is 0. The van der Waals surface area contributed by atoms with Crippen LogP contribution >= 0.6 is 0 Å². The molecule has 0 saturated carbocycles. The molecule has 0 fully saturated rings. The van der Waals surface area contributed by atoms with Gasteiger partial charge in [0.25, 0.3) is 5.56 Å². The molecule has 3 rings (SSSR count). The fourth-order valence-corrected chi connectivity index (χ4v) is 3.45. The van der Waals surface area contributed by atoms with Gasteiger partial charge in [-0.25, -0.2) is 13.4 Å². The molecule has 0 aliphatic rings. The van der Waals surface area contributed by atoms with Crippen LogP contribution in [0.25, 0.3) is 11.2 Å². The summed E-state index contributed by atoms with van der Waals surface area (Å²) in [5, 5.41) is 10.5. The summed E-state index contributed by atoms with van der Waals surface area (Å²) in [6.07, 6.45) is 1.22. The number of rotatable bonds is 5. The van der Waals surface area contributed by atoms with Gasteiger partial charge >= 0.3 is 5.69 Å². The zero-order valence-corrected chi connectivity index (χ0v) is 13.5. The van der Waals surface area contributed by atoms with Gasteiger partial charge in [-0.2, -0.15) is 4.98 Å². The third kappa shape index (κ3) is 3.06. The van der Waals surface area contributed by atoms with Gasteiger partial charge in [-0.15, -0.1) is 0 Å². The number of nitro benzene ring substituents is 1. The van der Waals surface area contributed by atoms with Crippen LogP contribution in [0, 0.1) is 10.1 Å². The highest BCUT2D eigenvalue weighted by atomic mass is 32.2. The molecule has 0 atom stereocenters. The Morgan fingerprint density at radius 1 is 1.36 bits per heavy atom. The molecule has 0 aliphatic carbocycles. The summed E-state index contributed by atoms with van der Waals surface area (Å²) in [5.74, 6) is -0.577. The van der Waals surface area contributed by atoms with E-state index in [1.807, 2.05) is 0 Å². The molecule has 3 aromatic rings. The summed E-state index contributed by atoms with van der Waals surface area (Å²) in [6.45, 7) is 0. The second-order valence-electron chi connectivity index (χ2n) is 4.99. The van der Waals surface area contributed by atoms with E-state index in [4.69, 9.17) is 4.74 Å². The number of fused-ring (bicyclic) bond motifs is 1. The quantitative estimate of drug-likeness (QED) is 0.376. The Labute approximate surface area is 139 Å². The van der Waals surface area contributed by atoms with Gasteiger partial charge in [0.15, 0.2) is 16.9 Å². The first-order chi connectivity index (χ1) is 11.8. The lowest BCUT2D eigenvalue weighted by molar-refractivity contribution is -0.385. The summed E-state index contributed by atoms with van der Waals surface area (Å²) in [7, 11) is -2.78. The van der Waals surface area contributed by atoms with Crippen molar-refractivity contribution in [3.8, 4) is 5.75 Å². The Bertz CT molecular complexity index is 1130. The van der Waals surface area contributed by atoms with E-state index in [1.165, 1.54) is 25.6 Å². The topological polar surface area (TPSA) is 161 Å². The lowest BCUT2D eigenvalue weighted by Crippen LogP contribution is -2.17. The summed E-state index contributed by atoms with van der Waals surface area (Å²) in [4.78, 5) is 34.5. The molecular weight excluding hydrogens is 354 g/mol. The molecule has 0 unspecified atom stereocenters. The van der Waals surface area contributed by atoms with Crippen molar-refractivity contribution in [1.29, 1.82) is 0 Å². The van der Waals surface area contributed by atoms with Crippen molar-refractivity contribution in [3.05, 3.63) is 50.6 Å². The number of nitrogens with one attached hydrogen (secondary N) is 2. The standard InChI is InChI=1S/C13H11N5O6S/c1-24-9-3-2-7(4-8(9)18(20)21)5-25(22,23)13-16-11-10(12(19)17-13)14-6-15-11/h2-4,6H,5H2,1H3,(H2,14,15,16,17,19). The first-order valence-electron chi connectivity index (χ1n) is 6.79. The van der Waals surface area contributed by atoms with Crippen LogP contribution < -0.4 is 10.3 Å². The lowest BCUT2D eigenvalue weighted by atomic mass is 10.2. The molecule has 0 radical (unpaired) electrons. The van der Waals surface area contributed by atoms with Gasteiger partial charge < -0.3 is 9.72 Å². The molecule has 2 aromatic heterocycles. The Morgan fingerprint density at radius 2 is 2.12 bits per heavy atom. The first kappa shape index (κ1) is 16.6. The molecule has 0 spiro atoms. The Hall–Kier alpha value is -3.28. The number of imidazole rings is 1. The molecule has 130 valence electrons. The number of aromatic amines is 2. The van der Waals surface area contributed by atoms with E-state index in [9.17, 15) is 23.3 Å². The second-order valence-corrected chi connectivity index (χ2v) is 6.90. The molecule has 25 heavy (non-hydrogen) atoms. The fourth-order valence-electron chi connectivity index (χ4n) is 2.23. The van der Waals surface area contributed by atoms with Crippen molar-refractivity contribution >= 4 is 26.7 Å². The van der Waals surface area contributed by atoms with Crippen LogP contribution in [0.2, 0.25) is 0 Å².